The fraction of sp³-hybridized carbons (Fsp3) is 0.100. The highest BCUT2D eigenvalue weighted by Gasteiger charge is 2.36. The number of rotatable bonds is 4. The minimum Gasteiger partial charge on any atom is -0.240 e. The van der Waals surface area contributed by atoms with E-state index in [2.05, 4.69) is 4.98 Å². The fourth-order valence-electron chi connectivity index (χ4n) is 2.45. The Morgan fingerprint density at radius 1 is 1.04 bits per heavy atom. The molecule has 0 N–H and O–H groups in total. The monoisotopic (exact) mass is 404 g/mol. The number of hydrogen-bond donors (Lipinski definition) is 0. The van der Waals surface area contributed by atoms with Crippen molar-refractivity contribution in [2.24, 2.45) is 0 Å². The van der Waals surface area contributed by atoms with Gasteiger partial charge in [-0.15, -0.1) is 11.8 Å². The molecule has 0 bridgehead atoms. The van der Waals surface area contributed by atoms with Gasteiger partial charge in [-0.3, -0.25) is 0 Å². The van der Waals surface area contributed by atoms with Crippen molar-refractivity contribution in [3.8, 4) is 17.3 Å². The van der Waals surface area contributed by atoms with Crippen molar-refractivity contribution in [3.63, 3.8) is 0 Å². The molecule has 0 spiro atoms. The molecular weight excluding hydrogens is 393 g/mol. The van der Waals surface area contributed by atoms with Gasteiger partial charge in [0.1, 0.15) is 11.1 Å². The molecule has 0 saturated heterocycles. The number of halogens is 4. The molecule has 0 aliphatic heterocycles. The van der Waals surface area contributed by atoms with Crippen LogP contribution in [-0.2, 0) is 11.9 Å². The molecule has 0 saturated carbocycles. The van der Waals surface area contributed by atoms with E-state index in [1.165, 1.54) is 0 Å². The van der Waals surface area contributed by atoms with Crippen LogP contribution in [0.1, 0.15) is 16.7 Å². The van der Waals surface area contributed by atoms with Crippen molar-refractivity contribution in [1.29, 1.82) is 5.26 Å². The van der Waals surface area contributed by atoms with E-state index in [0.29, 0.717) is 16.3 Å². The first-order chi connectivity index (χ1) is 12.9. The van der Waals surface area contributed by atoms with Gasteiger partial charge in [-0.2, -0.15) is 18.4 Å². The number of pyridine rings is 1. The molecule has 27 heavy (non-hydrogen) atoms. The topological polar surface area (TPSA) is 36.7 Å². The molecule has 1 heterocycles. The number of hydrogen-bond acceptors (Lipinski definition) is 3. The van der Waals surface area contributed by atoms with Crippen LogP contribution in [0, 0.1) is 11.3 Å². The average molecular weight is 405 g/mol. The summed E-state index contributed by atoms with van der Waals surface area (Å²) in [4.78, 5) is 4.33. The highest BCUT2D eigenvalue weighted by Crippen LogP contribution is 2.38. The van der Waals surface area contributed by atoms with E-state index in [9.17, 15) is 18.4 Å². The molecule has 0 amide bonds. The fourth-order valence-corrected chi connectivity index (χ4v) is 3.53. The SMILES string of the molecule is N#Cc1c(C(F)(F)F)cc(-c2ccccc2)nc1SCc1ccc(Cl)cc1. The maximum atomic E-state index is 13.5. The molecule has 0 unspecified atom stereocenters. The number of thioether (sulfide) groups is 1. The lowest BCUT2D eigenvalue weighted by atomic mass is 10.1. The average Bonchev–Trinajstić information content (AvgIpc) is 2.66. The van der Waals surface area contributed by atoms with Crippen molar-refractivity contribution in [1.82, 2.24) is 4.98 Å². The van der Waals surface area contributed by atoms with Gasteiger partial charge in [0.05, 0.1) is 16.8 Å². The Morgan fingerprint density at radius 2 is 1.70 bits per heavy atom. The Hall–Kier alpha value is -2.49. The summed E-state index contributed by atoms with van der Waals surface area (Å²) in [5.74, 6) is 0.369. The number of alkyl halides is 3. The van der Waals surface area contributed by atoms with Gasteiger partial charge in [0.25, 0.3) is 0 Å². The molecule has 0 radical (unpaired) electrons. The van der Waals surface area contributed by atoms with Gasteiger partial charge < -0.3 is 0 Å². The molecular formula is C20H12ClF3N2S. The van der Waals surface area contributed by atoms with Crippen LogP contribution in [0.4, 0.5) is 13.2 Å². The first kappa shape index (κ1) is 19.3. The first-order valence-electron chi connectivity index (χ1n) is 7.83. The van der Waals surface area contributed by atoms with Crippen LogP contribution in [0.25, 0.3) is 11.3 Å². The molecule has 2 nitrogen and oxygen atoms in total. The summed E-state index contributed by atoms with van der Waals surface area (Å²) in [7, 11) is 0. The van der Waals surface area contributed by atoms with Crippen LogP contribution < -0.4 is 0 Å². The van der Waals surface area contributed by atoms with E-state index in [0.717, 1.165) is 23.4 Å². The summed E-state index contributed by atoms with van der Waals surface area (Å²) in [5, 5.41) is 9.97. The third-order valence-electron chi connectivity index (χ3n) is 3.76. The highest BCUT2D eigenvalue weighted by atomic mass is 35.5. The zero-order valence-electron chi connectivity index (χ0n) is 13.8. The Bertz CT molecular complexity index is 981. The van der Waals surface area contributed by atoms with Crippen LogP contribution in [-0.4, -0.2) is 4.98 Å². The lowest BCUT2D eigenvalue weighted by Gasteiger charge is -2.14. The second kappa shape index (κ2) is 8.03. The zero-order chi connectivity index (χ0) is 19.4. The zero-order valence-corrected chi connectivity index (χ0v) is 15.4. The second-order valence-corrected chi connectivity index (χ2v) is 7.03. The van der Waals surface area contributed by atoms with Crippen LogP contribution in [0.3, 0.4) is 0 Å². The quantitative estimate of drug-likeness (QED) is 0.460. The van der Waals surface area contributed by atoms with Gasteiger partial charge in [0, 0.05) is 16.3 Å². The summed E-state index contributed by atoms with van der Waals surface area (Å²) in [5.41, 5.74) is 0.175. The number of nitriles is 1. The largest absolute Gasteiger partial charge is 0.417 e. The van der Waals surface area contributed by atoms with Crippen molar-refractivity contribution in [2.75, 3.05) is 0 Å². The van der Waals surface area contributed by atoms with Crippen LogP contribution in [0.5, 0.6) is 0 Å². The normalized spacial score (nSPS) is 11.2. The summed E-state index contributed by atoms with van der Waals surface area (Å²) < 4.78 is 40.5. The first-order valence-corrected chi connectivity index (χ1v) is 9.20. The van der Waals surface area contributed by atoms with Crippen LogP contribution >= 0.6 is 23.4 Å². The highest BCUT2D eigenvalue weighted by molar-refractivity contribution is 7.98. The van der Waals surface area contributed by atoms with Gasteiger partial charge in [0.2, 0.25) is 0 Å². The minimum atomic E-state index is -4.65. The van der Waals surface area contributed by atoms with Crippen molar-refractivity contribution >= 4 is 23.4 Å². The third kappa shape index (κ3) is 4.62. The molecule has 136 valence electrons. The van der Waals surface area contributed by atoms with Crippen molar-refractivity contribution < 1.29 is 13.2 Å². The van der Waals surface area contributed by atoms with E-state index in [1.807, 2.05) is 0 Å². The minimum absolute atomic E-state index is 0.0566. The standard InChI is InChI=1S/C20H12ClF3N2S/c21-15-8-6-13(7-9-15)12-27-19-16(11-25)17(20(22,23)24)10-18(26-19)14-4-2-1-3-5-14/h1-10H,12H2. The summed E-state index contributed by atoms with van der Waals surface area (Å²) in [6.45, 7) is 0. The van der Waals surface area contributed by atoms with Gasteiger partial charge in [0.15, 0.2) is 0 Å². The van der Waals surface area contributed by atoms with E-state index in [-0.39, 0.29) is 10.7 Å². The maximum Gasteiger partial charge on any atom is 0.417 e. The molecule has 0 atom stereocenters. The molecule has 0 aliphatic rings. The Labute approximate surface area is 163 Å². The smallest absolute Gasteiger partial charge is 0.240 e. The number of aromatic nitrogens is 1. The maximum absolute atomic E-state index is 13.5. The number of nitrogens with zero attached hydrogens (tertiary/aromatic N) is 2. The summed E-state index contributed by atoms with van der Waals surface area (Å²) in [6.07, 6.45) is -4.65. The predicted molar refractivity (Wildman–Crippen MR) is 100 cm³/mol. The molecule has 3 rings (SSSR count). The van der Waals surface area contributed by atoms with Crippen LogP contribution in [0.15, 0.2) is 65.7 Å². The molecule has 2 aromatic carbocycles. The Morgan fingerprint density at radius 3 is 2.30 bits per heavy atom. The summed E-state index contributed by atoms with van der Waals surface area (Å²) >= 11 is 6.94. The van der Waals surface area contributed by atoms with E-state index >= 15 is 0 Å². The van der Waals surface area contributed by atoms with Crippen LogP contribution in [0.2, 0.25) is 5.02 Å². The third-order valence-corrected chi connectivity index (χ3v) is 5.06. The van der Waals surface area contributed by atoms with E-state index < -0.39 is 17.3 Å². The van der Waals surface area contributed by atoms with Gasteiger partial charge >= 0.3 is 6.18 Å². The Balaban J connectivity index is 2.05. The number of benzene rings is 2. The lowest BCUT2D eigenvalue weighted by Crippen LogP contribution is -2.10. The van der Waals surface area contributed by atoms with Gasteiger partial charge in [-0.05, 0) is 23.8 Å². The van der Waals surface area contributed by atoms with Crippen molar-refractivity contribution in [2.45, 2.75) is 17.0 Å². The second-order valence-electron chi connectivity index (χ2n) is 5.63. The van der Waals surface area contributed by atoms with Crippen molar-refractivity contribution in [3.05, 3.63) is 82.4 Å². The molecule has 0 fully saturated rings. The molecule has 3 aromatic rings. The Kier molecular flexibility index (Phi) is 5.73. The predicted octanol–water partition coefficient (Wildman–Crippen LogP) is 6.58. The summed E-state index contributed by atoms with van der Waals surface area (Å²) in [6, 6.07) is 18.2. The molecule has 0 aliphatic carbocycles. The van der Waals surface area contributed by atoms with Gasteiger partial charge in [-0.25, -0.2) is 4.98 Å². The molecule has 1 aromatic heterocycles. The van der Waals surface area contributed by atoms with E-state index in [1.54, 1.807) is 60.7 Å². The van der Waals surface area contributed by atoms with Gasteiger partial charge in [-0.1, -0.05) is 54.1 Å². The van der Waals surface area contributed by atoms with E-state index in [4.69, 9.17) is 11.6 Å². The lowest BCUT2D eigenvalue weighted by molar-refractivity contribution is -0.138. The molecule has 7 heteroatoms.